The lowest BCUT2D eigenvalue weighted by molar-refractivity contribution is -0.116. The molecule has 2 aromatic rings. The fourth-order valence-electron chi connectivity index (χ4n) is 3.01. The summed E-state index contributed by atoms with van der Waals surface area (Å²) in [5, 5.41) is 15.9. The van der Waals surface area contributed by atoms with Crippen molar-refractivity contribution < 1.29 is 14.6 Å². The van der Waals surface area contributed by atoms with Gasteiger partial charge in [0.1, 0.15) is 0 Å². The van der Waals surface area contributed by atoms with Gasteiger partial charge in [-0.1, -0.05) is 24.3 Å². The average Bonchev–Trinajstić information content (AvgIpc) is 3.04. The summed E-state index contributed by atoms with van der Waals surface area (Å²) in [5.41, 5.74) is 3.31. The first kappa shape index (κ1) is 16.9. The molecule has 0 radical (unpaired) electrons. The van der Waals surface area contributed by atoms with Crippen molar-refractivity contribution in [3.05, 3.63) is 59.7 Å². The van der Waals surface area contributed by atoms with Crippen molar-refractivity contribution in [1.29, 1.82) is 0 Å². The molecule has 1 heterocycles. The van der Waals surface area contributed by atoms with Crippen molar-refractivity contribution >= 4 is 17.7 Å². The topological polar surface area (TPSA) is 70.6 Å². The zero-order valence-corrected chi connectivity index (χ0v) is 14.2. The van der Waals surface area contributed by atoms with Gasteiger partial charge >= 0.3 is 0 Å². The molecule has 1 amide bonds. The van der Waals surface area contributed by atoms with Crippen LogP contribution in [0.2, 0.25) is 0 Å². The van der Waals surface area contributed by atoms with E-state index in [0.29, 0.717) is 18.2 Å². The molecule has 5 nitrogen and oxygen atoms in total. The molecule has 0 fully saturated rings. The molecule has 3 N–H and O–H groups in total. The molecular weight excluding hydrogens is 316 g/mol. The number of amides is 1. The Balaban J connectivity index is 1.49. The number of fused-ring (bicyclic) bond motifs is 1. The third-order valence-electron chi connectivity index (χ3n) is 4.36. The van der Waals surface area contributed by atoms with E-state index in [0.717, 1.165) is 18.5 Å². The third-order valence-corrected chi connectivity index (χ3v) is 4.36. The zero-order valence-electron chi connectivity index (χ0n) is 14.2. The summed E-state index contributed by atoms with van der Waals surface area (Å²) in [6, 6.07) is 13.2. The van der Waals surface area contributed by atoms with Gasteiger partial charge in [-0.25, -0.2) is 0 Å². The summed E-state index contributed by atoms with van der Waals surface area (Å²) in [4.78, 5) is 12.0. The van der Waals surface area contributed by atoms with E-state index in [2.05, 4.69) is 22.8 Å². The lowest BCUT2D eigenvalue weighted by Gasteiger charge is -2.10. The fourth-order valence-corrected chi connectivity index (χ4v) is 3.01. The molecule has 0 saturated heterocycles. The molecule has 0 saturated carbocycles. The molecule has 1 unspecified atom stereocenters. The molecule has 2 aromatic carbocycles. The Hall–Kier alpha value is -2.95. The number of rotatable bonds is 6. The minimum absolute atomic E-state index is 0.0783. The molecule has 0 aromatic heterocycles. The van der Waals surface area contributed by atoms with Crippen LogP contribution in [0.1, 0.15) is 23.5 Å². The van der Waals surface area contributed by atoms with E-state index in [1.54, 1.807) is 24.3 Å². The van der Waals surface area contributed by atoms with E-state index in [4.69, 9.17) is 4.74 Å². The van der Waals surface area contributed by atoms with Crippen LogP contribution in [-0.4, -0.2) is 31.2 Å². The van der Waals surface area contributed by atoms with E-state index in [9.17, 15) is 9.90 Å². The first-order valence-electron chi connectivity index (χ1n) is 8.33. The maximum Gasteiger partial charge on any atom is 0.243 e. The van der Waals surface area contributed by atoms with Gasteiger partial charge in [-0.2, -0.15) is 0 Å². The molecule has 0 aliphatic carbocycles. The highest BCUT2D eigenvalue weighted by molar-refractivity contribution is 5.91. The number of aromatic hydroxyl groups is 1. The number of nitrogens with one attached hydrogen (secondary N) is 2. The molecule has 1 aliphatic rings. The van der Waals surface area contributed by atoms with Crippen LogP contribution in [0.25, 0.3) is 6.08 Å². The summed E-state index contributed by atoms with van der Waals surface area (Å²) in [6.45, 7) is 1.54. The third kappa shape index (κ3) is 4.12. The molecule has 0 spiro atoms. The second-order valence-corrected chi connectivity index (χ2v) is 6.01. The molecule has 1 aliphatic heterocycles. The quantitative estimate of drug-likeness (QED) is 0.708. The van der Waals surface area contributed by atoms with Crippen molar-refractivity contribution in [2.24, 2.45) is 0 Å². The Morgan fingerprint density at radius 3 is 3.04 bits per heavy atom. The van der Waals surface area contributed by atoms with E-state index >= 15 is 0 Å². The minimum atomic E-state index is -0.133. The van der Waals surface area contributed by atoms with E-state index in [1.807, 2.05) is 12.1 Å². The van der Waals surface area contributed by atoms with Gasteiger partial charge in [-0.15, -0.1) is 0 Å². The second-order valence-electron chi connectivity index (χ2n) is 6.01. The molecule has 130 valence electrons. The predicted octanol–water partition coefficient (Wildman–Crippen LogP) is 3.13. The summed E-state index contributed by atoms with van der Waals surface area (Å²) in [7, 11) is 1.49. The standard InChI is InChI=1S/C20H22N2O3/c1-25-19-12-14(6-8-18(19)23)7-9-20(24)21-11-10-15-13-22-17-5-3-2-4-16(15)17/h2-9,12,15,22-23H,10-11,13H2,1H3,(H,21,24)/b9-7+. The van der Waals surface area contributed by atoms with Crippen molar-refractivity contribution in [3.63, 3.8) is 0 Å². The van der Waals surface area contributed by atoms with Gasteiger partial charge in [-0.3, -0.25) is 4.79 Å². The van der Waals surface area contributed by atoms with Crippen LogP contribution in [0.15, 0.2) is 48.5 Å². The molecule has 3 rings (SSSR count). The largest absolute Gasteiger partial charge is 0.504 e. The minimum Gasteiger partial charge on any atom is -0.504 e. The maximum absolute atomic E-state index is 12.0. The van der Waals surface area contributed by atoms with Gasteiger partial charge in [-0.05, 0) is 41.8 Å². The number of anilines is 1. The number of carbonyl (C=O) groups excluding carboxylic acids is 1. The summed E-state index contributed by atoms with van der Waals surface area (Å²) < 4.78 is 5.05. The predicted molar refractivity (Wildman–Crippen MR) is 99.0 cm³/mol. The van der Waals surface area contributed by atoms with Crippen molar-refractivity contribution in [2.75, 3.05) is 25.5 Å². The van der Waals surface area contributed by atoms with Crippen LogP contribution < -0.4 is 15.4 Å². The number of phenolic OH excluding ortho intramolecular Hbond substituents is 1. The van der Waals surface area contributed by atoms with Gasteiger partial charge in [0, 0.05) is 30.8 Å². The first-order valence-corrected chi connectivity index (χ1v) is 8.33. The summed E-state index contributed by atoms with van der Waals surface area (Å²) >= 11 is 0. The van der Waals surface area contributed by atoms with Crippen LogP contribution in [0.4, 0.5) is 5.69 Å². The van der Waals surface area contributed by atoms with E-state index < -0.39 is 0 Å². The Morgan fingerprint density at radius 1 is 1.36 bits per heavy atom. The Morgan fingerprint density at radius 2 is 2.20 bits per heavy atom. The van der Waals surface area contributed by atoms with Gasteiger partial charge < -0.3 is 20.5 Å². The normalized spacial score (nSPS) is 15.6. The number of carbonyl (C=O) groups is 1. The lowest BCUT2D eigenvalue weighted by Crippen LogP contribution is -2.23. The van der Waals surface area contributed by atoms with Crippen molar-refractivity contribution in [1.82, 2.24) is 5.32 Å². The summed E-state index contributed by atoms with van der Waals surface area (Å²) in [5.74, 6) is 0.762. The SMILES string of the molecule is COc1cc(/C=C/C(=O)NCCC2CNc3ccccc32)ccc1O. The second kappa shape index (κ2) is 7.75. The molecule has 0 bridgehead atoms. The number of ether oxygens (including phenoxy) is 1. The van der Waals surface area contributed by atoms with Gasteiger partial charge in [0.25, 0.3) is 0 Å². The smallest absolute Gasteiger partial charge is 0.243 e. The molecular formula is C20H22N2O3. The molecule has 1 atom stereocenters. The number of methoxy groups -OCH3 is 1. The first-order chi connectivity index (χ1) is 12.2. The highest BCUT2D eigenvalue weighted by Crippen LogP contribution is 2.32. The Labute approximate surface area is 147 Å². The van der Waals surface area contributed by atoms with Gasteiger partial charge in [0.2, 0.25) is 5.91 Å². The number of benzene rings is 2. The van der Waals surface area contributed by atoms with E-state index in [1.165, 1.54) is 24.4 Å². The summed E-state index contributed by atoms with van der Waals surface area (Å²) in [6.07, 6.45) is 4.09. The number of para-hydroxylation sites is 1. The Kier molecular flexibility index (Phi) is 5.23. The number of hydrogen-bond donors (Lipinski definition) is 3. The van der Waals surface area contributed by atoms with Crippen LogP contribution in [0.3, 0.4) is 0 Å². The number of phenols is 1. The zero-order chi connectivity index (χ0) is 17.6. The molecule has 5 heteroatoms. The molecule has 25 heavy (non-hydrogen) atoms. The van der Waals surface area contributed by atoms with Crippen LogP contribution >= 0.6 is 0 Å². The van der Waals surface area contributed by atoms with Crippen molar-refractivity contribution in [3.8, 4) is 11.5 Å². The van der Waals surface area contributed by atoms with E-state index in [-0.39, 0.29) is 11.7 Å². The lowest BCUT2D eigenvalue weighted by atomic mass is 9.98. The highest BCUT2D eigenvalue weighted by atomic mass is 16.5. The maximum atomic E-state index is 12.0. The number of hydrogen-bond acceptors (Lipinski definition) is 4. The van der Waals surface area contributed by atoms with Gasteiger partial charge in [0.15, 0.2) is 11.5 Å². The van der Waals surface area contributed by atoms with Crippen LogP contribution in [0, 0.1) is 0 Å². The average molecular weight is 338 g/mol. The Bertz CT molecular complexity index is 786. The van der Waals surface area contributed by atoms with Gasteiger partial charge in [0.05, 0.1) is 7.11 Å². The van der Waals surface area contributed by atoms with Crippen LogP contribution in [-0.2, 0) is 4.79 Å². The van der Waals surface area contributed by atoms with Crippen molar-refractivity contribution in [2.45, 2.75) is 12.3 Å². The van der Waals surface area contributed by atoms with Crippen LogP contribution in [0.5, 0.6) is 11.5 Å². The fraction of sp³-hybridized carbons (Fsp3) is 0.250. The monoisotopic (exact) mass is 338 g/mol. The highest BCUT2D eigenvalue weighted by Gasteiger charge is 2.20.